The second-order valence-corrected chi connectivity index (χ2v) is 9.43. The molecule has 1 aromatic heterocycles. The van der Waals surface area contributed by atoms with E-state index < -0.39 is 41.2 Å². The number of hydrogen-bond acceptors (Lipinski definition) is 6. The first kappa shape index (κ1) is 26.9. The summed E-state index contributed by atoms with van der Waals surface area (Å²) in [5.74, 6) is -1.62. The van der Waals surface area contributed by atoms with Gasteiger partial charge in [0, 0.05) is 18.8 Å². The molecule has 3 rings (SSSR count). The summed E-state index contributed by atoms with van der Waals surface area (Å²) in [6, 6.07) is 5.46. The zero-order valence-corrected chi connectivity index (χ0v) is 20.5. The van der Waals surface area contributed by atoms with E-state index in [1.807, 2.05) is 0 Å². The van der Waals surface area contributed by atoms with Crippen LogP contribution in [0.25, 0.3) is 0 Å². The number of morpholine rings is 1. The number of likely N-dealkylation sites (N-methyl/N-ethyl adjacent to an activating group) is 1. The summed E-state index contributed by atoms with van der Waals surface area (Å²) in [5, 5.41) is 4.97. The van der Waals surface area contributed by atoms with E-state index in [1.54, 1.807) is 24.9 Å². The third-order valence-corrected chi connectivity index (χ3v) is 6.68. The molecule has 1 aromatic carbocycles. The number of alkyl halides is 3. The Labute approximate surface area is 209 Å². The summed E-state index contributed by atoms with van der Waals surface area (Å²) in [6.07, 6.45) is -4.78. The van der Waals surface area contributed by atoms with Crippen LogP contribution in [0, 0.1) is 0 Å². The van der Waals surface area contributed by atoms with Crippen molar-refractivity contribution in [3.05, 3.63) is 45.1 Å². The molecule has 13 heteroatoms. The van der Waals surface area contributed by atoms with Crippen molar-refractivity contribution in [3.63, 3.8) is 0 Å². The Morgan fingerprint density at radius 1 is 1.29 bits per heavy atom. The van der Waals surface area contributed by atoms with E-state index in [9.17, 15) is 27.6 Å². The highest BCUT2D eigenvalue weighted by Gasteiger charge is 2.36. The van der Waals surface area contributed by atoms with Crippen LogP contribution in [0.4, 0.5) is 24.5 Å². The molecule has 1 saturated heterocycles. The number of amides is 3. The maximum Gasteiger partial charge on any atom is 0.418 e. The molecule has 8 nitrogen and oxygen atoms in total. The number of carbonyl (C=O) groups is 3. The van der Waals surface area contributed by atoms with Crippen molar-refractivity contribution in [1.82, 2.24) is 10.2 Å². The fraction of sp³-hybridized carbons (Fsp3) is 0.409. The van der Waals surface area contributed by atoms with E-state index in [4.69, 9.17) is 16.3 Å². The maximum atomic E-state index is 13.9. The summed E-state index contributed by atoms with van der Waals surface area (Å²) < 4.78 is 47.0. The smallest absolute Gasteiger partial charge is 0.370 e. The van der Waals surface area contributed by atoms with Crippen LogP contribution in [0.5, 0.6) is 0 Å². The van der Waals surface area contributed by atoms with Crippen molar-refractivity contribution in [2.75, 3.05) is 50.1 Å². The molecule has 190 valence electrons. The first-order chi connectivity index (χ1) is 16.5. The van der Waals surface area contributed by atoms with Gasteiger partial charge in [-0.2, -0.15) is 13.2 Å². The van der Waals surface area contributed by atoms with E-state index in [1.165, 1.54) is 17.0 Å². The van der Waals surface area contributed by atoms with Crippen LogP contribution in [0.3, 0.4) is 0 Å². The lowest BCUT2D eigenvalue weighted by molar-refractivity contribution is -0.137. The molecule has 3 amide bonds. The van der Waals surface area contributed by atoms with Crippen molar-refractivity contribution >= 4 is 52.0 Å². The summed E-state index contributed by atoms with van der Waals surface area (Å²) in [7, 11) is 1.62. The summed E-state index contributed by atoms with van der Waals surface area (Å²) in [6.45, 7) is 2.17. The molecule has 0 unspecified atom stereocenters. The Hall–Kier alpha value is -2.67. The number of anilines is 2. The van der Waals surface area contributed by atoms with Crippen LogP contribution in [-0.2, 0) is 20.5 Å². The number of nitrogens with zero attached hydrogens (tertiary/aromatic N) is 2. The SMILES string of the molecule is CCN(C)[C@H](CNC(=O)c1ccc(Cl)s1)C(=O)Nc1ccc(N2CCOCC2=O)cc1C(F)(F)F. The molecule has 2 aromatic rings. The first-order valence-corrected chi connectivity index (χ1v) is 11.8. The predicted octanol–water partition coefficient (Wildman–Crippen LogP) is 3.47. The quantitative estimate of drug-likeness (QED) is 0.543. The van der Waals surface area contributed by atoms with Crippen LogP contribution in [0.1, 0.15) is 22.2 Å². The molecule has 1 fully saturated rings. The number of nitrogens with one attached hydrogen (secondary N) is 2. The van der Waals surface area contributed by atoms with Crippen molar-refractivity contribution in [2.24, 2.45) is 0 Å². The Balaban J connectivity index is 1.80. The molecule has 1 aliphatic rings. The van der Waals surface area contributed by atoms with Gasteiger partial charge in [-0.1, -0.05) is 18.5 Å². The molecule has 1 aliphatic heterocycles. The maximum absolute atomic E-state index is 13.9. The lowest BCUT2D eigenvalue weighted by atomic mass is 10.1. The van der Waals surface area contributed by atoms with E-state index in [0.717, 1.165) is 23.5 Å². The van der Waals surface area contributed by atoms with Crippen molar-refractivity contribution in [3.8, 4) is 0 Å². The van der Waals surface area contributed by atoms with Gasteiger partial charge in [-0.3, -0.25) is 19.3 Å². The van der Waals surface area contributed by atoms with Gasteiger partial charge >= 0.3 is 6.18 Å². The lowest BCUT2D eigenvalue weighted by Crippen LogP contribution is -2.49. The zero-order valence-electron chi connectivity index (χ0n) is 18.9. The standard InChI is InChI=1S/C22H24ClF3N4O4S/c1-3-29(2)16(11-27-21(33)17-6-7-18(23)35-17)20(32)28-15-5-4-13(10-14(15)22(24,25)26)30-8-9-34-12-19(30)31/h4-7,10,16H,3,8-9,11-12H2,1-2H3,(H,27,33)(H,28,32)/t16-/m1/s1. The van der Waals surface area contributed by atoms with Gasteiger partial charge in [0.25, 0.3) is 11.8 Å². The van der Waals surface area contributed by atoms with E-state index >= 15 is 0 Å². The molecule has 0 spiro atoms. The summed E-state index contributed by atoms with van der Waals surface area (Å²) >= 11 is 6.92. The Bertz CT molecular complexity index is 1090. The molecule has 0 radical (unpaired) electrons. The van der Waals surface area contributed by atoms with Gasteiger partial charge in [0.2, 0.25) is 5.91 Å². The largest absolute Gasteiger partial charge is 0.418 e. The molecule has 35 heavy (non-hydrogen) atoms. The number of hydrogen-bond donors (Lipinski definition) is 2. The third-order valence-electron chi connectivity index (χ3n) is 5.45. The van der Waals surface area contributed by atoms with Gasteiger partial charge in [0.1, 0.15) is 12.6 Å². The second kappa shape index (κ2) is 11.4. The van der Waals surface area contributed by atoms with Gasteiger partial charge in [0.05, 0.1) is 27.1 Å². The minimum Gasteiger partial charge on any atom is -0.370 e. The number of benzene rings is 1. The van der Waals surface area contributed by atoms with Crippen LogP contribution in [-0.4, -0.2) is 68.6 Å². The zero-order chi connectivity index (χ0) is 25.8. The molecular formula is C22H24ClF3N4O4S. The van der Waals surface area contributed by atoms with Crippen LogP contribution >= 0.6 is 22.9 Å². The topological polar surface area (TPSA) is 91.0 Å². The fourth-order valence-corrected chi connectivity index (χ4v) is 4.39. The summed E-state index contributed by atoms with van der Waals surface area (Å²) in [5.41, 5.74) is -1.47. The van der Waals surface area contributed by atoms with Gasteiger partial charge in [0.15, 0.2) is 0 Å². The van der Waals surface area contributed by atoms with E-state index in [0.29, 0.717) is 15.8 Å². The fourth-order valence-electron chi connectivity index (χ4n) is 3.43. The summed E-state index contributed by atoms with van der Waals surface area (Å²) in [4.78, 5) is 40.6. The average molecular weight is 533 g/mol. The van der Waals surface area contributed by atoms with Gasteiger partial charge in [-0.15, -0.1) is 11.3 Å². The molecule has 2 heterocycles. The van der Waals surface area contributed by atoms with Crippen molar-refractivity contribution in [1.29, 1.82) is 0 Å². The minimum atomic E-state index is -4.78. The Morgan fingerprint density at radius 3 is 2.63 bits per heavy atom. The lowest BCUT2D eigenvalue weighted by Gasteiger charge is -2.29. The molecule has 0 bridgehead atoms. The van der Waals surface area contributed by atoms with Crippen LogP contribution in [0.2, 0.25) is 4.34 Å². The van der Waals surface area contributed by atoms with Crippen LogP contribution in [0.15, 0.2) is 30.3 Å². The predicted molar refractivity (Wildman–Crippen MR) is 127 cm³/mol. The molecular weight excluding hydrogens is 509 g/mol. The second-order valence-electron chi connectivity index (χ2n) is 7.72. The Kier molecular flexibility index (Phi) is 8.75. The molecule has 0 aliphatic carbocycles. The number of thiophene rings is 1. The van der Waals surface area contributed by atoms with Crippen molar-refractivity contribution < 1.29 is 32.3 Å². The minimum absolute atomic E-state index is 0.0627. The normalized spacial score (nSPS) is 15.3. The third kappa shape index (κ3) is 6.72. The highest BCUT2D eigenvalue weighted by atomic mass is 35.5. The number of halogens is 4. The van der Waals surface area contributed by atoms with Gasteiger partial charge in [-0.25, -0.2) is 0 Å². The molecule has 1 atom stereocenters. The number of ether oxygens (including phenoxy) is 1. The number of carbonyl (C=O) groups excluding carboxylic acids is 3. The first-order valence-electron chi connectivity index (χ1n) is 10.6. The van der Waals surface area contributed by atoms with Gasteiger partial charge in [-0.05, 0) is 43.9 Å². The average Bonchev–Trinajstić information content (AvgIpc) is 3.25. The van der Waals surface area contributed by atoms with Gasteiger partial charge < -0.3 is 20.3 Å². The highest BCUT2D eigenvalue weighted by Crippen LogP contribution is 2.37. The van der Waals surface area contributed by atoms with Crippen LogP contribution < -0.4 is 15.5 Å². The molecule has 0 saturated carbocycles. The highest BCUT2D eigenvalue weighted by molar-refractivity contribution is 7.18. The van der Waals surface area contributed by atoms with E-state index in [-0.39, 0.29) is 32.0 Å². The number of rotatable bonds is 8. The van der Waals surface area contributed by atoms with E-state index in [2.05, 4.69) is 10.6 Å². The molecule has 2 N–H and O–H groups in total. The van der Waals surface area contributed by atoms with Crippen molar-refractivity contribution in [2.45, 2.75) is 19.1 Å². The monoisotopic (exact) mass is 532 g/mol. The Morgan fingerprint density at radius 2 is 2.03 bits per heavy atom.